The molecule has 0 aromatic heterocycles. The second kappa shape index (κ2) is 7.64. The van der Waals surface area contributed by atoms with E-state index in [-0.39, 0.29) is 17.3 Å². The van der Waals surface area contributed by atoms with Gasteiger partial charge in [-0.15, -0.1) is 0 Å². The summed E-state index contributed by atoms with van der Waals surface area (Å²) in [6.07, 6.45) is 0.955. The lowest BCUT2D eigenvalue weighted by molar-refractivity contribution is -0.136. The first-order valence-corrected chi connectivity index (χ1v) is 7.33. The molecule has 0 saturated heterocycles. The minimum atomic E-state index is -1.01. The van der Waals surface area contributed by atoms with Crippen molar-refractivity contribution in [3.63, 3.8) is 0 Å². The largest absolute Gasteiger partial charge is 0.388 e. The summed E-state index contributed by atoms with van der Waals surface area (Å²) in [6, 6.07) is 4.54. The molecule has 1 aromatic carbocycles. The Balaban J connectivity index is 2.63. The fourth-order valence-corrected chi connectivity index (χ4v) is 1.93. The van der Waals surface area contributed by atoms with Gasteiger partial charge in [-0.3, -0.25) is 9.59 Å². The third kappa shape index (κ3) is 5.19. The van der Waals surface area contributed by atoms with Crippen LogP contribution in [0.2, 0.25) is 10.0 Å². The van der Waals surface area contributed by atoms with E-state index < -0.39 is 17.4 Å². The molecule has 116 valence electrons. The van der Waals surface area contributed by atoms with E-state index in [4.69, 9.17) is 23.2 Å². The first-order chi connectivity index (χ1) is 9.81. The third-order valence-electron chi connectivity index (χ3n) is 3.28. The highest BCUT2D eigenvalue weighted by atomic mass is 35.5. The van der Waals surface area contributed by atoms with Crippen LogP contribution in [0.25, 0.3) is 0 Å². The second-order valence-corrected chi connectivity index (χ2v) is 5.54. The molecule has 0 fully saturated rings. The summed E-state index contributed by atoms with van der Waals surface area (Å²) in [4.78, 5) is 23.5. The van der Waals surface area contributed by atoms with Crippen LogP contribution in [0.5, 0.6) is 0 Å². The summed E-state index contributed by atoms with van der Waals surface area (Å²) in [5, 5.41) is 15.5. The molecule has 0 aliphatic rings. The molecular formula is C14H18Cl2N2O3. The van der Waals surface area contributed by atoms with Crippen molar-refractivity contribution in [1.29, 1.82) is 0 Å². The van der Waals surface area contributed by atoms with E-state index in [9.17, 15) is 14.7 Å². The zero-order chi connectivity index (χ0) is 16.0. The zero-order valence-corrected chi connectivity index (χ0v) is 13.4. The van der Waals surface area contributed by atoms with E-state index >= 15 is 0 Å². The number of anilines is 1. The summed E-state index contributed by atoms with van der Waals surface area (Å²) in [5.74, 6) is -1.71. The molecule has 5 nitrogen and oxygen atoms in total. The van der Waals surface area contributed by atoms with E-state index in [1.54, 1.807) is 6.07 Å². The van der Waals surface area contributed by atoms with Gasteiger partial charge in [-0.1, -0.05) is 37.0 Å². The molecule has 1 rings (SSSR count). The van der Waals surface area contributed by atoms with Gasteiger partial charge >= 0.3 is 11.8 Å². The smallest absolute Gasteiger partial charge is 0.313 e. The van der Waals surface area contributed by atoms with Crippen molar-refractivity contribution in [1.82, 2.24) is 5.32 Å². The van der Waals surface area contributed by atoms with Crippen LogP contribution in [0.3, 0.4) is 0 Å². The van der Waals surface area contributed by atoms with Crippen molar-refractivity contribution < 1.29 is 14.7 Å². The topological polar surface area (TPSA) is 78.4 Å². The number of hydrogen-bond donors (Lipinski definition) is 3. The van der Waals surface area contributed by atoms with E-state index in [1.807, 2.05) is 13.8 Å². The van der Waals surface area contributed by atoms with Gasteiger partial charge in [-0.25, -0.2) is 0 Å². The van der Waals surface area contributed by atoms with Crippen LogP contribution in [0.1, 0.15) is 26.7 Å². The van der Waals surface area contributed by atoms with E-state index in [0.29, 0.717) is 17.9 Å². The van der Waals surface area contributed by atoms with Crippen LogP contribution >= 0.6 is 23.2 Å². The minimum Gasteiger partial charge on any atom is -0.388 e. The first kappa shape index (κ1) is 17.8. The fraction of sp³-hybridized carbons (Fsp3) is 0.429. The van der Waals surface area contributed by atoms with E-state index in [2.05, 4.69) is 10.6 Å². The molecule has 0 spiro atoms. The van der Waals surface area contributed by atoms with Gasteiger partial charge in [0.25, 0.3) is 0 Å². The molecule has 0 bridgehead atoms. The Kier molecular flexibility index (Phi) is 6.45. The maximum absolute atomic E-state index is 11.8. The predicted octanol–water partition coefficient (Wildman–Crippen LogP) is 2.60. The average molecular weight is 333 g/mol. The van der Waals surface area contributed by atoms with Crippen molar-refractivity contribution in [2.45, 2.75) is 32.3 Å². The lowest BCUT2D eigenvalue weighted by Crippen LogP contribution is -2.45. The molecule has 7 heteroatoms. The predicted molar refractivity (Wildman–Crippen MR) is 83.6 cm³/mol. The van der Waals surface area contributed by atoms with Crippen molar-refractivity contribution in [3.8, 4) is 0 Å². The number of aliphatic hydroxyl groups is 1. The number of rotatable bonds is 5. The molecule has 0 atom stereocenters. The van der Waals surface area contributed by atoms with E-state index in [1.165, 1.54) is 12.1 Å². The molecule has 0 aliphatic carbocycles. The van der Waals surface area contributed by atoms with Crippen LogP contribution in [0.15, 0.2) is 18.2 Å². The van der Waals surface area contributed by atoms with Crippen LogP contribution in [-0.4, -0.2) is 29.1 Å². The minimum absolute atomic E-state index is 0.00946. The summed E-state index contributed by atoms with van der Waals surface area (Å²) in [6.45, 7) is 3.62. The number of carbonyl (C=O) groups excluding carboxylic acids is 2. The molecule has 2 amide bonds. The van der Waals surface area contributed by atoms with Crippen molar-refractivity contribution >= 4 is 40.7 Å². The number of hydrogen-bond acceptors (Lipinski definition) is 3. The third-order valence-corrected chi connectivity index (χ3v) is 3.84. The van der Waals surface area contributed by atoms with Crippen LogP contribution in [0, 0.1) is 0 Å². The van der Waals surface area contributed by atoms with Gasteiger partial charge in [0.1, 0.15) is 0 Å². The SMILES string of the molecule is CCC(O)(CC)CNC(=O)C(=O)Nc1cc(Cl)ccc1Cl. The summed E-state index contributed by atoms with van der Waals surface area (Å²) >= 11 is 11.7. The highest BCUT2D eigenvalue weighted by Crippen LogP contribution is 2.25. The number of carbonyl (C=O) groups is 2. The van der Waals surface area contributed by atoms with E-state index in [0.717, 1.165) is 0 Å². The number of halogens is 2. The summed E-state index contributed by atoms with van der Waals surface area (Å²) < 4.78 is 0. The zero-order valence-electron chi connectivity index (χ0n) is 11.9. The molecule has 3 N–H and O–H groups in total. The van der Waals surface area contributed by atoms with Crippen LogP contribution < -0.4 is 10.6 Å². The van der Waals surface area contributed by atoms with Crippen molar-refractivity contribution in [2.75, 3.05) is 11.9 Å². The normalized spacial score (nSPS) is 11.1. The summed E-state index contributed by atoms with van der Waals surface area (Å²) in [7, 11) is 0. The number of nitrogens with one attached hydrogen (secondary N) is 2. The Hall–Kier alpha value is -1.30. The van der Waals surface area contributed by atoms with Gasteiger partial charge in [0, 0.05) is 11.6 Å². The quantitative estimate of drug-likeness (QED) is 0.725. The molecule has 0 radical (unpaired) electrons. The van der Waals surface area contributed by atoms with Gasteiger partial charge in [0.05, 0.1) is 16.3 Å². The first-order valence-electron chi connectivity index (χ1n) is 6.58. The molecule has 0 aliphatic heterocycles. The molecule has 0 unspecified atom stereocenters. The fourth-order valence-electron chi connectivity index (χ4n) is 1.60. The second-order valence-electron chi connectivity index (χ2n) is 4.69. The number of amides is 2. The highest BCUT2D eigenvalue weighted by Gasteiger charge is 2.24. The Morgan fingerprint density at radius 1 is 1.19 bits per heavy atom. The van der Waals surface area contributed by atoms with Gasteiger partial charge in [0.2, 0.25) is 0 Å². The average Bonchev–Trinajstić information content (AvgIpc) is 2.48. The molecule has 1 aromatic rings. The standard InChI is InChI=1S/C14H18Cl2N2O3/c1-3-14(21,4-2)8-17-12(19)13(20)18-11-7-9(15)5-6-10(11)16/h5-7,21H,3-4,8H2,1-2H3,(H,17,19)(H,18,20). The van der Waals surface area contributed by atoms with Gasteiger partial charge < -0.3 is 15.7 Å². The van der Waals surface area contributed by atoms with Crippen LogP contribution in [-0.2, 0) is 9.59 Å². The Bertz CT molecular complexity index is 531. The monoisotopic (exact) mass is 332 g/mol. The number of benzene rings is 1. The molecule has 21 heavy (non-hydrogen) atoms. The highest BCUT2D eigenvalue weighted by molar-refractivity contribution is 6.42. The maximum atomic E-state index is 11.8. The Morgan fingerprint density at radius 3 is 2.38 bits per heavy atom. The van der Waals surface area contributed by atoms with Gasteiger partial charge in [0.15, 0.2) is 0 Å². The lowest BCUT2D eigenvalue weighted by atomic mass is 9.98. The lowest BCUT2D eigenvalue weighted by Gasteiger charge is -2.25. The maximum Gasteiger partial charge on any atom is 0.313 e. The van der Waals surface area contributed by atoms with Crippen LogP contribution in [0.4, 0.5) is 5.69 Å². The summed E-state index contributed by atoms with van der Waals surface area (Å²) in [5.41, 5.74) is -0.755. The van der Waals surface area contributed by atoms with Gasteiger partial charge in [-0.2, -0.15) is 0 Å². The Morgan fingerprint density at radius 2 is 1.81 bits per heavy atom. The Labute approximate surface area is 133 Å². The molecule has 0 heterocycles. The molecular weight excluding hydrogens is 315 g/mol. The van der Waals surface area contributed by atoms with Gasteiger partial charge in [-0.05, 0) is 31.0 Å². The van der Waals surface area contributed by atoms with Crippen molar-refractivity contribution in [3.05, 3.63) is 28.2 Å². The molecule has 0 saturated carbocycles. The van der Waals surface area contributed by atoms with Crippen molar-refractivity contribution in [2.24, 2.45) is 0 Å².